The van der Waals surface area contributed by atoms with Crippen LogP contribution in [0.4, 0.5) is 11.4 Å². The molecule has 3 N–H and O–H groups in total. The maximum atomic E-state index is 11.6. The largest absolute Gasteiger partial charge is 0.481 e. The molecule has 1 aromatic rings. The van der Waals surface area contributed by atoms with Gasteiger partial charge in [-0.25, -0.2) is 0 Å². The Labute approximate surface area is 100.0 Å². The van der Waals surface area contributed by atoms with E-state index in [2.05, 4.69) is 26.6 Å². The summed E-state index contributed by atoms with van der Waals surface area (Å²) < 4.78 is 0.764. The second-order valence-corrected chi connectivity index (χ2v) is 4.30. The van der Waals surface area contributed by atoms with E-state index in [0.29, 0.717) is 5.69 Å². The molecule has 1 aliphatic heterocycles. The SMILES string of the molecule is O=C(O)CC1Nc2cccc(Br)c2NC1=O. The van der Waals surface area contributed by atoms with Gasteiger partial charge in [0.05, 0.1) is 17.8 Å². The van der Waals surface area contributed by atoms with Crippen molar-refractivity contribution >= 4 is 39.2 Å². The highest BCUT2D eigenvalue weighted by atomic mass is 79.9. The Balaban J connectivity index is 2.28. The number of nitrogens with one attached hydrogen (secondary N) is 2. The molecular formula is C10H9BrN2O3. The van der Waals surface area contributed by atoms with Gasteiger partial charge in [0.1, 0.15) is 6.04 Å². The monoisotopic (exact) mass is 284 g/mol. The average molecular weight is 285 g/mol. The Morgan fingerprint density at radius 1 is 1.50 bits per heavy atom. The molecule has 0 aliphatic carbocycles. The van der Waals surface area contributed by atoms with Crippen molar-refractivity contribution in [1.29, 1.82) is 0 Å². The molecule has 0 fully saturated rings. The van der Waals surface area contributed by atoms with Gasteiger partial charge in [-0.15, -0.1) is 0 Å². The lowest BCUT2D eigenvalue weighted by molar-refractivity contribution is -0.138. The van der Waals surface area contributed by atoms with Crippen LogP contribution in [0, 0.1) is 0 Å². The summed E-state index contributed by atoms with van der Waals surface area (Å²) in [5.41, 5.74) is 1.37. The van der Waals surface area contributed by atoms with Gasteiger partial charge in [-0.2, -0.15) is 0 Å². The van der Waals surface area contributed by atoms with Crippen molar-refractivity contribution in [3.8, 4) is 0 Å². The molecule has 6 heteroatoms. The molecule has 1 aromatic carbocycles. The van der Waals surface area contributed by atoms with Gasteiger partial charge in [-0.1, -0.05) is 6.07 Å². The summed E-state index contributed by atoms with van der Waals surface area (Å²) in [6, 6.07) is 4.68. The fourth-order valence-corrected chi connectivity index (χ4v) is 2.02. The number of hydrogen-bond acceptors (Lipinski definition) is 3. The summed E-state index contributed by atoms with van der Waals surface area (Å²) in [5, 5.41) is 14.2. The maximum absolute atomic E-state index is 11.6. The Morgan fingerprint density at radius 2 is 2.25 bits per heavy atom. The van der Waals surface area contributed by atoms with E-state index < -0.39 is 12.0 Å². The maximum Gasteiger partial charge on any atom is 0.305 e. The summed E-state index contributed by atoms with van der Waals surface area (Å²) in [4.78, 5) is 22.1. The van der Waals surface area contributed by atoms with E-state index in [0.717, 1.165) is 10.2 Å². The van der Waals surface area contributed by atoms with Gasteiger partial charge >= 0.3 is 5.97 Å². The number of carboxylic acid groups (broad SMARTS) is 1. The topological polar surface area (TPSA) is 78.4 Å². The van der Waals surface area contributed by atoms with Crippen LogP contribution < -0.4 is 10.6 Å². The van der Waals surface area contributed by atoms with Gasteiger partial charge in [0.25, 0.3) is 0 Å². The summed E-state index contributed by atoms with van der Waals surface area (Å²) >= 11 is 3.31. The third kappa shape index (κ3) is 2.01. The van der Waals surface area contributed by atoms with Crippen molar-refractivity contribution in [2.75, 3.05) is 10.6 Å². The Bertz CT molecular complexity index is 461. The fraction of sp³-hybridized carbons (Fsp3) is 0.200. The van der Waals surface area contributed by atoms with Crippen LogP contribution in [-0.2, 0) is 9.59 Å². The smallest absolute Gasteiger partial charge is 0.305 e. The lowest BCUT2D eigenvalue weighted by atomic mass is 10.1. The molecular weight excluding hydrogens is 276 g/mol. The summed E-state index contributed by atoms with van der Waals surface area (Å²) in [5.74, 6) is -1.34. The van der Waals surface area contributed by atoms with Crippen LogP contribution >= 0.6 is 15.9 Å². The first kappa shape index (κ1) is 10.9. The van der Waals surface area contributed by atoms with E-state index in [-0.39, 0.29) is 12.3 Å². The third-order valence-electron chi connectivity index (χ3n) is 2.29. The average Bonchev–Trinajstić information content (AvgIpc) is 2.20. The first-order valence-electron chi connectivity index (χ1n) is 4.65. The molecule has 0 bridgehead atoms. The third-order valence-corrected chi connectivity index (χ3v) is 2.95. The zero-order valence-corrected chi connectivity index (χ0v) is 9.74. The van der Waals surface area contributed by atoms with Crippen molar-refractivity contribution in [1.82, 2.24) is 0 Å². The number of anilines is 2. The molecule has 2 rings (SSSR count). The molecule has 1 amide bonds. The van der Waals surface area contributed by atoms with Gasteiger partial charge in [-0.05, 0) is 28.1 Å². The lowest BCUT2D eigenvalue weighted by Gasteiger charge is -2.26. The molecule has 0 spiro atoms. The van der Waals surface area contributed by atoms with Crippen LogP contribution in [0.1, 0.15) is 6.42 Å². The number of aliphatic carboxylic acids is 1. The molecule has 1 unspecified atom stereocenters. The first-order valence-corrected chi connectivity index (χ1v) is 5.45. The minimum Gasteiger partial charge on any atom is -0.481 e. The van der Waals surface area contributed by atoms with Crippen LogP contribution in [0.15, 0.2) is 22.7 Å². The molecule has 5 nitrogen and oxygen atoms in total. The van der Waals surface area contributed by atoms with E-state index in [1.165, 1.54) is 0 Å². The van der Waals surface area contributed by atoms with Gasteiger partial charge in [0.15, 0.2) is 0 Å². The van der Waals surface area contributed by atoms with Gasteiger partial charge in [0.2, 0.25) is 5.91 Å². The summed E-state index contributed by atoms with van der Waals surface area (Å²) in [7, 11) is 0. The van der Waals surface area contributed by atoms with E-state index >= 15 is 0 Å². The Kier molecular flexibility index (Phi) is 2.82. The quantitative estimate of drug-likeness (QED) is 0.772. The molecule has 1 heterocycles. The number of benzene rings is 1. The Morgan fingerprint density at radius 3 is 2.94 bits per heavy atom. The van der Waals surface area contributed by atoms with Crippen molar-refractivity contribution in [2.45, 2.75) is 12.5 Å². The highest BCUT2D eigenvalue weighted by Gasteiger charge is 2.28. The number of amides is 1. The zero-order valence-electron chi connectivity index (χ0n) is 8.16. The number of rotatable bonds is 2. The second-order valence-electron chi connectivity index (χ2n) is 3.45. The van der Waals surface area contributed by atoms with E-state index in [4.69, 9.17) is 5.11 Å². The Hall–Kier alpha value is -1.56. The van der Waals surface area contributed by atoms with Crippen LogP contribution in [0.25, 0.3) is 0 Å². The number of carbonyl (C=O) groups is 2. The second kappa shape index (κ2) is 4.13. The molecule has 0 aromatic heterocycles. The highest BCUT2D eigenvalue weighted by molar-refractivity contribution is 9.10. The minimum absolute atomic E-state index is 0.238. The van der Waals surface area contributed by atoms with Crippen LogP contribution in [0.3, 0.4) is 0 Å². The number of para-hydroxylation sites is 1. The number of halogens is 1. The van der Waals surface area contributed by atoms with E-state index in [1.54, 1.807) is 12.1 Å². The molecule has 16 heavy (non-hydrogen) atoms. The molecule has 84 valence electrons. The molecule has 1 atom stereocenters. The van der Waals surface area contributed by atoms with Crippen molar-refractivity contribution in [2.24, 2.45) is 0 Å². The molecule has 0 saturated heterocycles. The van der Waals surface area contributed by atoms with Gasteiger partial charge in [0, 0.05) is 4.47 Å². The van der Waals surface area contributed by atoms with Crippen LogP contribution in [-0.4, -0.2) is 23.0 Å². The summed E-state index contributed by atoms with van der Waals surface area (Å²) in [6.45, 7) is 0. The molecule has 0 saturated carbocycles. The molecule has 1 aliphatic rings. The van der Waals surface area contributed by atoms with Gasteiger partial charge in [-0.3, -0.25) is 9.59 Å². The number of hydrogen-bond donors (Lipinski definition) is 3. The van der Waals surface area contributed by atoms with E-state index in [9.17, 15) is 9.59 Å². The summed E-state index contributed by atoms with van der Waals surface area (Å²) in [6.07, 6.45) is -0.238. The lowest BCUT2D eigenvalue weighted by Crippen LogP contribution is -2.40. The van der Waals surface area contributed by atoms with E-state index in [1.807, 2.05) is 6.07 Å². The predicted octanol–water partition coefficient (Wildman–Crippen LogP) is 1.66. The van der Waals surface area contributed by atoms with Crippen molar-refractivity contribution < 1.29 is 14.7 Å². The number of carbonyl (C=O) groups excluding carboxylic acids is 1. The molecule has 0 radical (unpaired) electrons. The first-order chi connectivity index (χ1) is 7.58. The fourth-order valence-electron chi connectivity index (χ4n) is 1.55. The zero-order chi connectivity index (χ0) is 11.7. The van der Waals surface area contributed by atoms with Crippen molar-refractivity contribution in [3.05, 3.63) is 22.7 Å². The van der Waals surface area contributed by atoms with Crippen LogP contribution in [0.2, 0.25) is 0 Å². The van der Waals surface area contributed by atoms with Crippen molar-refractivity contribution in [3.63, 3.8) is 0 Å². The standard InChI is InChI=1S/C10H9BrN2O3/c11-5-2-1-3-6-9(5)13-10(16)7(12-6)4-8(14)15/h1-3,7,12H,4H2,(H,13,16)(H,14,15). The normalized spacial score (nSPS) is 18.3. The van der Waals surface area contributed by atoms with Gasteiger partial charge < -0.3 is 15.7 Å². The predicted molar refractivity (Wildman–Crippen MR) is 62.4 cm³/mol. The minimum atomic E-state index is -1.01. The number of carboxylic acids is 1. The van der Waals surface area contributed by atoms with Crippen LogP contribution in [0.5, 0.6) is 0 Å². The number of fused-ring (bicyclic) bond motifs is 1. The highest BCUT2D eigenvalue weighted by Crippen LogP contribution is 2.34.